The van der Waals surface area contributed by atoms with Crippen molar-refractivity contribution in [3.8, 4) is 0 Å². The van der Waals surface area contributed by atoms with Crippen molar-refractivity contribution in [2.24, 2.45) is 0 Å². The summed E-state index contributed by atoms with van der Waals surface area (Å²) in [6, 6.07) is 10.8. The largest absolute Gasteiger partial charge is 0.321 e. The lowest BCUT2D eigenvalue weighted by Gasteiger charge is -2.28. The van der Waals surface area contributed by atoms with Crippen LogP contribution in [0.2, 0.25) is 0 Å². The Morgan fingerprint density at radius 3 is 2.69 bits per heavy atom. The summed E-state index contributed by atoms with van der Waals surface area (Å²) in [6.45, 7) is 4.00. The molecule has 0 bridgehead atoms. The molecule has 4 aromatic rings. The molecule has 0 spiro atoms. The van der Waals surface area contributed by atoms with Crippen LogP contribution < -0.4 is 5.56 Å². The first-order valence-electron chi connectivity index (χ1n) is 10.7. The number of aromatic nitrogens is 3. The summed E-state index contributed by atoms with van der Waals surface area (Å²) in [5.74, 6) is 0. The molecular formula is C23H24N4O3S2. The van der Waals surface area contributed by atoms with Crippen molar-refractivity contribution in [1.29, 1.82) is 0 Å². The third-order valence-corrected chi connectivity index (χ3v) is 8.74. The van der Waals surface area contributed by atoms with Crippen LogP contribution in [0.4, 0.5) is 0 Å². The minimum Gasteiger partial charge on any atom is -0.321 e. The zero-order valence-corrected chi connectivity index (χ0v) is 19.6. The molecule has 166 valence electrons. The Balaban J connectivity index is 1.63. The molecule has 32 heavy (non-hydrogen) atoms. The van der Waals surface area contributed by atoms with E-state index in [2.05, 4.69) is 13.7 Å². The summed E-state index contributed by atoms with van der Waals surface area (Å²) >= 11 is 1.000. The zero-order chi connectivity index (χ0) is 22.5. The maximum atomic E-state index is 13.9. The third-order valence-electron chi connectivity index (χ3n) is 6.26. The highest BCUT2D eigenvalue weighted by atomic mass is 32.2. The Morgan fingerprint density at radius 2 is 1.91 bits per heavy atom. The van der Waals surface area contributed by atoms with E-state index in [0.717, 1.165) is 59.4 Å². The zero-order valence-electron chi connectivity index (χ0n) is 18.0. The number of pyridine rings is 1. The molecule has 1 saturated carbocycles. The van der Waals surface area contributed by atoms with Gasteiger partial charge in [-0.05, 0) is 61.9 Å². The molecule has 0 unspecified atom stereocenters. The summed E-state index contributed by atoms with van der Waals surface area (Å²) in [5, 5.41) is 0.909. The van der Waals surface area contributed by atoms with Gasteiger partial charge < -0.3 is 4.98 Å². The van der Waals surface area contributed by atoms with E-state index >= 15 is 0 Å². The first-order chi connectivity index (χ1) is 15.3. The highest BCUT2D eigenvalue weighted by Gasteiger charge is 2.35. The van der Waals surface area contributed by atoms with Crippen molar-refractivity contribution < 1.29 is 8.42 Å². The van der Waals surface area contributed by atoms with Gasteiger partial charge in [0.25, 0.3) is 5.56 Å². The van der Waals surface area contributed by atoms with Crippen molar-refractivity contribution in [3.05, 3.63) is 63.4 Å². The molecule has 2 aromatic carbocycles. The van der Waals surface area contributed by atoms with E-state index < -0.39 is 10.0 Å². The predicted octanol–water partition coefficient (Wildman–Crippen LogP) is 4.28. The fourth-order valence-electron chi connectivity index (χ4n) is 4.74. The molecule has 0 radical (unpaired) electrons. The predicted molar refractivity (Wildman–Crippen MR) is 126 cm³/mol. The van der Waals surface area contributed by atoms with Crippen LogP contribution in [0.1, 0.15) is 42.4 Å². The summed E-state index contributed by atoms with van der Waals surface area (Å²) in [7, 11) is -3.88. The number of rotatable bonds is 5. The Kier molecular flexibility index (Phi) is 5.35. The molecule has 0 atom stereocenters. The fourth-order valence-corrected chi connectivity index (χ4v) is 7.15. The number of aryl methyl sites for hydroxylation is 2. The van der Waals surface area contributed by atoms with Gasteiger partial charge in [0.05, 0.1) is 17.2 Å². The van der Waals surface area contributed by atoms with E-state index in [0.29, 0.717) is 16.6 Å². The first-order valence-corrected chi connectivity index (χ1v) is 12.9. The number of nitrogens with zero attached hydrogens (tertiary/aromatic N) is 3. The van der Waals surface area contributed by atoms with Crippen LogP contribution in [-0.4, -0.2) is 32.5 Å². The first kappa shape index (κ1) is 21.2. The Hall–Kier alpha value is -2.62. The van der Waals surface area contributed by atoms with Crippen molar-refractivity contribution >= 4 is 43.7 Å². The number of sulfonamides is 1. The molecule has 5 rings (SSSR count). The molecule has 0 saturated heterocycles. The van der Waals surface area contributed by atoms with Crippen LogP contribution in [0.3, 0.4) is 0 Å². The highest BCUT2D eigenvalue weighted by Crippen LogP contribution is 2.32. The second-order valence-corrected chi connectivity index (χ2v) is 10.9. The molecule has 0 amide bonds. The number of H-pyrrole nitrogens is 1. The van der Waals surface area contributed by atoms with Gasteiger partial charge in [-0.2, -0.15) is 13.1 Å². The monoisotopic (exact) mass is 468 g/mol. The standard InChI is InChI=1S/C23H24N4O3S2/c1-14-10-15(2)21-16(11-14)12-17(23(28)24-21)13-27(18-6-3-4-7-18)32(29,30)20-9-5-8-19-22(20)26-31-25-19/h5,8-12,18H,3-4,6-7,13H2,1-2H3,(H,24,28). The average Bonchev–Trinajstić information content (AvgIpc) is 3.44. The number of hydrogen-bond donors (Lipinski definition) is 1. The van der Waals surface area contributed by atoms with Gasteiger partial charge in [0.15, 0.2) is 0 Å². The number of fused-ring (bicyclic) bond motifs is 2. The molecule has 1 fully saturated rings. The van der Waals surface area contributed by atoms with Crippen LogP contribution in [0, 0.1) is 13.8 Å². The lowest BCUT2D eigenvalue weighted by molar-refractivity contribution is 0.315. The number of hydrogen-bond acceptors (Lipinski definition) is 6. The summed E-state index contributed by atoms with van der Waals surface area (Å²) in [4.78, 5) is 16.1. The van der Waals surface area contributed by atoms with Gasteiger partial charge in [-0.1, -0.05) is 30.5 Å². The third kappa shape index (κ3) is 3.64. The normalized spacial score (nSPS) is 15.3. The molecule has 2 aromatic heterocycles. The molecule has 2 heterocycles. The Labute approximate surface area is 190 Å². The molecule has 7 nitrogen and oxygen atoms in total. The fraction of sp³-hybridized carbons (Fsp3) is 0.348. The van der Waals surface area contributed by atoms with Gasteiger partial charge in [-0.3, -0.25) is 4.79 Å². The van der Waals surface area contributed by atoms with E-state index in [9.17, 15) is 13.2 Å². The van der Waals surface area contributed by atoms with Crippen LogP contribution >= 0.6 is 11.7 Å². The second-order valence-electron chi connectivity index (χ2n) is 8.55. The van der Waals surface area contributed by atoms with Crippen LogP contribution in [0.15, 0.2) is 46.1 Å². The van der Waals surface area contributed by atoms with Gasteiger partial charge in [-0.25, -0.2) is 8.42 Å². The van der Waals surface area contributed by atoms with E-state index in [1.807, 2.05) is 32.0 Å². The number of nitrogens with one attached hydrogen (secondary N) is 1. The van der Waals surface area contributed by atoms with E-state index in [1.165, 1.54) is 4.31 Å². The van der Waals surface area contributed by atoms with Crippen molar-refractivity contribution in [2.75, 3.05) is 0 Å². The quantitative estimate of drug-likeness (QED) is 0.472. The Morgan fingerprint density at radius 1 is 1.12 bits per heavy atom. The van der Waals surface area contributed by atoms with Crippen molar-refractivity contribution in [2.45, 2.75) is 57.0 Å². The molecule has 1 aliphatic rings. The van der Waals surface area contributed by atoms with E-state index in [1.54, 1.807) is 18.2 Å². The van der Waals surface area contributed by atoms with Gasteiger partial charge in [0.1, 0.15) is 15.9 Å². The lowest BCUT2D eigenvalue weighted by atomic mass is 10.1. The van der Waals surface area contributed by atoms with E-state index in [4.69, 9.17) is 0 Å². The molecule has 9 heteroatoms. The second kappa shape index (κ2) is 8.06. The van der Waals surface area contributed by atoms with E-state index in [-0.39, 0.29) is 23.0 Å². The topological polar surface area (TPSA) is 96.0 Å². The minimum absolute atomic E-state index is 0.0270. The van der Waals surface area contributed by atoms with Crippen LogP contribution in [0.25, 0.3) is 21.9 Å². The van der Waals surface area contributed by atoms with Crippen molar-refractivity contribution in [3.63, 3.8) is 0 Å². The molecular weight excluding hydrogens is 444 g/mol. The number of aromatic amines is 1. The molecule has 0 aliphatic heterocycles. The smallest absolute Gasteiger partial charge is 0.252 e. The minimum atomic E-state index is -3.88. The highest BCUT2D eigenvalue weighted by molar-refractivity contribution is 7.89. The SMILES string of the molecule is Cc1cc(C)c2[nH]c(=O)c(CN(C3CCCC3)S(=O)(=O)c3cccc4nsnc34)cc2c1. The van der Waals surface area contributed by atoms with Gasteiger partial charge >= 0.3 is 0 Å². The van der Waals surface area contributed by atoms with Crippen LogP contribution in [-0.2, 0) is 16.6 Å². The Bertz CT molecular complexity index is 1480. The summed E-state index contributed by atoms with van der Waals surface area (Å²) in [5.41, 5.74) is 4.02. The van der Waals surface area contributed by atoms with Gasteiger partial charge in [-0.15, -0.1) is 0 Å². The summed E-state index contributed by atoms with van der Waals surface area (Å²) in [6.07, 6.45) is 3.53. The van der Waals surface area contributed by atoms with Crippen LogP contribution in [0.5, 0.6) is 0 Å². The molecule has 1 aliphatic carbocycles. The maximum absolute atomic E-state index is 13.9. The van der Waals surface area contributed by atoms with Gasteiger partial charge in [0, 0.05) is 18.2 Å². The average molecular weight is 469 g/mol. The number of benzene rings is 2. The maximum Gasteiger partial charge on any atom is 0.252 e. The van der Waals surface area contributed by atoms with Crippen molar-refractivity contribution in [1.82, 2.24) is 18.0 Å². The van der Waals surface area contributed by atoms with Gasteiger partial charge in [0.2, 0.25) is 10.0 Å². The molecule has 1 N–H and O–H groups in total. The summed E-state index contributed by atoms with van der Waals surface area (Å²) < 4.78 is 37.7. The lowest BCUT2D eigenvalue weighted by Crippen LogP contribution is -2.39.